The summed E-state index contributed by atoms with van der Waals surface area (Å²) < 4.78 is 11.1. The monoisotopic (exact) mass is 374 g/mol. The van der Waals surface area contributed by atoms with Gasteiger partial charge < -0.3 is 9.47 Å². The van der Waals surface area contributed by atoms with E-state index in [1.165, 1.54) is 0 Å². The zero-order valence-corrected chi connectivity index (χ0v) is 15.9. The van der Waals surface area contributed by atoms with Gasteiger partial charge in [0.1, 0.15) is 5.75 Å². The molecular formula is C24H22O4. The van der Waals surface area contributed by atoms with Crippen LogP contribution in [0.5, 0.6) is 5.75 Å². The van der Waals surface area contributed by atoms with Gasteiger partial charge in [0, 0.05) is 11.1 Å². The second-order valence-corrected chi connectivity index (χ2v) is 6.57. The number of ketones is 1. The Kier molecular flexibility index (Phi) is 6.22. The minimum absolute atomic E-state index is 0.268. The van der Waals surface area contributed by atoms with E-state index in [0.717, 1.165) is 11.1 Å². The Morgan fingerprint density at radius 2 is 1.46 bits per heavy atom. The summed E-state index contributed by atoms with van der Waals surface area (Å²) >= 11 is 0. The van der Waals surface area contributed by atoms with Crippen LogP contribution < -0.4 is 4.74 Å². The van der Waals surface area contributed by atoms with Crippen molar-refractivity contribution in [1.29, 1.82) is 0 Å². The largest absolute Gasteiger partial charge is 0.482 e. The fourth-order valence-corrected chi connectivity index (χ4v) is 2.79. The highest BCUT2D eigenvalue weighted by Crippen LogP contribution is 2.23. The lowest BCUT2D eigenvalue weighted by Gasteiger charge is -2.18. The Morgan fingerprint density at radius 3 is 2.14 bits per heavy atom. The molecule has 0 fully saturated rings. The van der Waals surface area contributed by atoms with E-state index in [2.05, 4.69) is 0 Å². The van der Waals surface area contributed by atoms with Gasteiger partial charge in [-0.3, -0.25) is 4.79 Å². The van der Waals surface area contributed by atoms with Crippen LogP contribution in [0.25, 0.3) is 0 Å². The van der Waals surface area contributed by atoms with Crippen LogP contribution in [0.4, 0.5) is 0 Å². The standard InChI is InChI=1S/C24H22O4/c1-17-12-14-19(15-13-17)23(26)24(20-9-4-3-5-10-20)28-22(25)16-27-21-11-7-6-8-18(21)2/h3-15,24H,16H2,1-2H3/t24-/m0/s1. The van der Waals surface area contributed by atoms with Crippen molar-refractivity contribution in [1.82, 2.24) is 0 Å². The van der Waals surface area contributed by atoms with Crippen molar-refractivity contribution in [3.05, 3.63) is 101 Å². The maximum Gasteiger partial charge on any atom is 0.345 e. The van der Waals surface area contributed by atoms with E-state index >= 15 is 0 Å². The van der Waals surface area contributed by atoms with E-state index in [0.29, 0.717) is 16.9 Å². The van der Waals surface area contributed by atoms with Crippen LogP contribution in [-0.4, -0.2) is 18.4 Å². The highest BCUT2D eigenvalue weighted by atomic mass is 16.6. The molecule has 3 aromatic carbocycles. The Labute approximate surface area is 164 Å². The molecule has 0 amide bonds. The second-order valence-electron chi connectivity index (χ2n) is 6.57. The van der Waals surface area contributed by atoms with E-state index in [-0.39, 0.29) is 12.4 Å². The summed E-state index contributed by atoms with van der Waals surface area (Å²) in [6, 6.07) is 23.6. The van der Waals surface area contributed by atoms with Gasteiger partial charge >= 0.3 is 5.97 Å². The number of para-hydroxylation sites is 1. The molecule has 0 aliphatic rings. The van der Waals surface area contributed by atoms with Gasteiger partial charge in [0.25, 0.3) is 0 Å². The van der Waals surface area contributed by atoms with Gasteiger partial charge in [0.15, 0.2) is 12.7 Å². The normalized spacial score (nSPS) is 11.5. The lowest BCUT2D eigenvalue weighted by molar-refractivity contribution is -0.149. The fourth-order valence-electron chi connectivity index (χ4n) is 2.79. The first kappa shape index (κ1) is 19.4. The first-order valence-electron chi connectivity index (χ1n) is 9.08. The predicted molar refractivity (Wildman–Crippen MR) is 107 cm³/mol. The quantitative estimate of drug-likeness (QED) is 0.438. The third kappa shape index (κ3) is 4.86. The SMILES string of the molecule is Cc1ccc(C(=O)[C@@H](OC(=O)COc2ccccc2C)c2ccccc2)cc1. The van der Waals surface area contributed by atoms with E-state index in [1.54, 1.807) is 30.3 Å². The molecule has 0 unspecified atom stereocenters. The number of carbonyl (C=O) groups is 2. The van der Waals surface area contributed by atoms with Gasteiger partial charge in [0.2, 0.25) is 5.78 Å². The third-order valence-corrected chi connectivity index (χ3v) is 4.36. The Bertz CT molecular complexity index is 946. The summed E-state index contributed by atoms with van der Waals surface area (Å²) in [4.78, 5) is 25.4. The number of Topliss-reactive ketones (excluding diaryl/α,β-unsaturated/α-hetero) is 1. The average Bonchev–Trinajstić information content (AvgIpc) is 2.72. The highest BCUT2D eigenvalue weighted by Gasteiger charge is 2.26. The molecule has 0 N–H and O–H groups in total. The molecule has 0 radical (unpaired) electrons. The number of ether oxygens (including phenoxy) is 2. The van der Waals surface area contributed by atoms with Gasteiger partial charge in [0.05, 0.1) is 0 Å². The zero-order chi connectivity index (χ0) is 19.9. The maximum atomic E-state index is 13.0. The smallest absolute Gasteiger partial charge is 0.345 e. The predicted octanol–water partition coefficient (Wildman–Crippen LogP) is 4.85. The Balaban J connectivity index is 1.76. The number of aryl methyl sites for hydroxylation is 2. The molecule has 4 nitrogen and oxygen atoms in total. The Morgan fingerprint density at radius 1 is 0.821 bits per heavy atom. The first-order chi connectivity index (χ1) is 13.5. The lowest BCUT2D eigenvalue weighted by Crippen LogP contribution is -2.24. The topological polar surface area (TPSA) is 52.6 Å². The van der Waals surface area contributed by atoms with Crippen LogP contribution in [0, 0.1) is 13.8 Å². The highest BCUT2D eigenvalue weighted by molar-refractivity contribution is 6.01. The van der Waals surface area contributed by atoms with E-state index < -0.39 is 12.1 Å². The van der Waals surface area contributed by atoms with Crippen LogP contribution in [0.15, 0.2) is 78.9 Å². The number of carbonyl (C=O) groups excluding carboxylic acids is 2. The molecule has 0 spiro atoms. The first-order valence-corrected chi connectivity index (χ1v) is 9.08. The van der Waals surface area contributed by atoms with Crippen molar-refractivity contribution in [2.75, 3.05) is 6.61 Å². The van der Waals surface area contributed by atoms with Crippen molar-refractivity contribution < 1.29 is 19.1 Å². The van der Waals surface area contributed by atoms with Gasteiger partial charge in [-0.25, -0.2) is 4.79 Å². The van der Waals surface area contributed by atoms with Crippen molar-refractivity contribution in [2.24, 2.45) is 0 Å². The second kappa shape index (κ2) is 9.00. The number of rotatable bonds is 7. The average molecular weight is 374 g/mol. The zero-order valence-electron chi connectivity index (χ0n) is 15.9. The molecule has 28 heavy (non-hydrogen) atoms. The van der Waals surface area contributed by atoms with Gasteiger partial charge in [-0.15, -0.1) is 0 Å². The molecule has 0 aromatic heterocycles. The van der Waals surface area contributed by atoms with Crippen LogP contribution >= 0.6 is 0 Å². The number of hydrogen-bond donors (Lipinski definition) is 0. The molecule has 0 aliphatic heterocycles. The molecule has 142 valence electrons. The fraction of sp³-hybridized carbons (Fsp3) is 0.167. The molecule has 4 heteroatoms. The molecule has 3 aromatic rings. The van der Waals surface area contributed by atoms with Gasteiger partial charge in [-0.2, -0.15) is 0 Å². The number of esters is 1. The summed E-state index contributed by atoms with van der Waals surface area (Å²) in [6.07, 6.45) is -1.02. The molecular weight excluding hydrogens is 352 g/mol. The minimum Gasteiger partial charge on any atom is -0.482 e. The third-order valence-electron chi connectivity index (χ3n) is 4.36. The molecule has 0 heterocycles. The summed E-state index contributed by atoms with van der Waals surface area (Å²) in [5.74, 6) is -0.256. The minimum atomic E-state index is -1.02. The maximum absolute atomic E-state index is 13.0. The molecule has 0 saturated carbocycles. The van der Waals surface area contributed by atoms with Crippen LogP contribution in [0.3, 0.4) is 0 Å². The summed E-state index contributed by atoms with van der Waals surface area (Å²) in [5, 5.41) is 0. The van der Waals surface area contributed by atoms with Gasteiger partial charge in [-0.05, 0) is 25.5 Å². The van der Waals surface area contributed by atoms with Crippen molar-refractivity contribution in [2.45, 2.75) is 20.0 Å². The molecule has 0 aliphatic carbocycles. The Hall–Kier alpha value is -3.40. The van der Waals surface area contributed by atoms with E-state index in [4.69, 9.17) is 9.47 Å². The van der Waals surface area contributed by atoms with Crippen LogP contribution in [-0.2, 0) is 9.53 Å². The van der Waals surface area contributed by atoms with Crippen LogP contribution in [0.1, 0.15) is 33.2 Å². The molecule has 0 bridgehead atoms. The van der Waals surface area contributed by atoms with Crippen molar-refractivity contribution >= 4 is 11.8 Å². The number of hydrogen-bond acceptors (Lipinski definition) is 4. The summed E-state index contributed by atoms with van der Waals surface area (Å²) in [5.41, 5.74) is 3.09. The lowest BCUT2D eigenvalue weighted by atomic mass is 9.99. The van der Waals surface area contributed by atoms with Crippen molar-refractivity contribution in [3.8, 4) is 5.75 Å². The molecule has 3 rings (SSSR count). The molecule has 0 saturated heterocycles. The summed E-state index contributed by atoms with van der Waals surface area (Å²) in [6.45, 7) is 3.58. The van der Waals surface area contributed by atoms with E-state index in [9.17, 15) is 9.59 Å². The van der Waals surface area contributed by atoms with Crippen molar-refractivity contribution in [3.63, 3.8) is 0 Å². The van der Waals surface area contributed by atoms with Crippen LogP contribution in [0.2, 0.25) is 0 Å². The van der Waals surface area contributed by atoms with E-state index in [1.807, 2.05) is 62.4 Å². The van der Waals surface area contributed by atoms with Gasteiger partial charge in [-0.1, -0.05) is 78.4 Å². The molecule has 1 atom stereocenters. The number of benzene rings is 3. The summed E-state index contributed by atoms with van der Waals surface area (Å²) in [7, 11) is 0.